The number of nitrogens with zero attached hydrogens (tertiary/aromatic N) is 2. The molecule has 0 aliphatic carbocycles. The number of carbonyl (C=O) groups is 1. The van der Waals surface area contributed by atoms with Crippen LogP contribution in [0.4, 0.5) is 5.69 Å². The van der Waals surface area contributed by atoms with Gasteiger partial charge in [-0.1, -0.05) is 35.9 Å². The molecule has 1 aliphatic heterocycles. The summed E-state index contributed by atoms with van der Waals surface area (Å²) in [7, 11) is 3.56. The molecule has 3 rings (SSSR count). The minimum Gasteiger partial charge on any atom is -0.495 e. The van der Waals surface area contributed by atoms with Gasteiger partial charge in [0.1, 0.15) is 5.75 Å². The lowest BCUT2D eigenvalue weighted by Crippen LogP contribution is -3.15. The quantitative estimate of drug-likeness (QED) is 0.818. The molecule has 6 heteroatoms. The number of rotatable bonds is 6. The molecule has 1 fully saturated rings. The van der Waals surface area contributed by atoms with Gasteiger partial charge in [-0.25, -0.2) is 0 Å². The lowest BCUT2D eigenvalue weighted by Gasteiger charge is -2.34. The summed E-state index contributed by atoms with van der Waals surface area (Å²) in [6, 6.07) is 15.8. The number of ether oxygens (including phenoxy) is 1. The molecular formula is C21H27ClN3O2+. The van der Waals surface area contributed by atoms with Crippen LogP contribution < -0.4 is 14.5 Å². The molecule has 144 valence electrons. The number of methoxy groups -OCH3 is 1. The normalized spacial score (nSPS) is 14.9. The average Bonchev–Trinajstić information content (AvgIpc) is 2.68. The van der Waals surface area contributed by atoms with Crippen LogP contribution in [-0.2, 0) is 11.3 Å². The number of amides is 1. The van der Waals surface area contributed by atoms with Crippen LogP contribution in [0.25, 0.3) is 0 Å². The first-order valence-corrected chi connectivity index (χ1v) is 9.64. The van der Waals surface area contributed by atoms with Crippen molar-refractivity contribution >= 4 is 23.2 Å². The van der Waals surface area contributed by atoms with E-state index in [4.69, 9.17) is 16.3 Å². The Balaban J connectivity index is 1.50. The van der Waals surface area contributed by atoms with Crippen molar-refractivity contribution in [3.05, 3.63) is 59.1 Å². The molecule has 2 aromatic rings. The number of hydrogen-bond acceptors (Lipinski definition) is 3. The average molecular weight is 389 g/mol. The zero-order chi connectivity index (χ0) is 19.2. The van der Waals surface area contributed by atoms with Crippen molar-refractivity contribution < 1.29 is 14.4 Å². The number of nitrogens with one attached hydrogen (secondary N) is 1. The summed E-state index contributed by atoms with van der Waals surface area (Å²) in [6.45, 7) is 4.82. The smallest absolute Gasteiger partial charge is 0.277 e. The second-order valence-corrected chi connectivity index (χ2v) is 7.40. The van der Waals surface area contributed by atoms with Gasteiger partial charge in [-0.2, -0.15) is 0 Å². The Bertz CT molecular complexity index is 776. The number of carbonyl (C=O) groups excluding carboxylic acids is 1. The zero-order valence-corrected chi connectivity index (χ0v) is 16.7. The van der Waals surface area contributed by atoms with Gasteiger partial charge in [0.15, 0.2) is 6.54 Å². The second-order valence-electron chi connectivity index (χ2n) is 6.97. The highest BCUT2D eigenvalue weighted by Crippen LogP contribution is 2.27. The summed E-state index contributed by atoms with van der Waals surface area (Å²) in [5, 5.41) is 0.700. The predicted octanol–water partition coefficient (Wildman–Crippen LogP) is 1.71. The van der Waals surface area contributed by atoms with E-state index in [1.807, 2.05) is 49.5 Å². The molecule has 1 heterocycles. The molecule has 0 aromatic heterocycles. The van der Waals surface area contributed by atoms with Crippen molar-refractivity contribution in [3.63, 3.8) is 0 Å². The standard InChI is InChI=1S/C21H26ClN3O2/c1-23(15-17-6-5-7-18(22)14-17)21(26)16-24-10-12-25(13-11-24)19-8-3-4-9-20(19)27-2/h3-9,14H,10-13,15-16H2,1-2H3/p+1. The minimum absolute atomic E-state index is 0.163. The topological polar surface area (TPSA) is 37.2 Å². The number of anilines is 1. The van der Waals surface area contributed by atoms with Crippen LogP contribution in [0.3, 0.4) is 0 Å². The predicted molar refractivity (Wildman–Crippen MR) is 109 cm³/mol. The lowest BCUT2D eigenvalue weighted by atomic mass is 10.2. The van der Waals surface area contributed by atoms with Crippen LogP contribution in [0.1, 0.15) is 5.56 Å². The highest BCUT2D eigenvalue weighted by Gasteiger charge is 2.25. The molecule has 0 radical (unpaired) electrons. The first-order chi connectivity index (χ1) is 13.1. The summed E-state index contributed by atoms with van der Waals surface area (Å²) in [4.78, 5) is 18.0. The van der Waals surface area contributed by atoms with Crippen LogP contribution >= 0.6 is 11.6 Å². The Morgan fingerprint density at radius 1 is 1.19 bits per heavy atom. The van der Waals surface area contributed by atoms with Gasteiger partial charge in [0.25, 0.3) is 5.91 Å². The van der Waals surface area contributed by atoms with E-state index in [0.717, 1.165) is 43.2 Å². The van der Waals surface area contributed by atoms with Gasteiger partial charge in [-0.05, 0) is 29.8 Å². The second kappa shape index (κ2) is 9.11. The maximum Gasteiger partial charge on any atom is 0.277 e. The highest BCUT2D eigenvalue weighted by molar-refractivity contribution is 6.30. The van der Waals surface area contributed by atoms with Crippen molar-refractivity contribution in [2.45, 2.75) is 6.54 Å². The molecule has 0 bridgehead atoms. The molecule has 5 nitrogen and oxygen atoms in total. The summed E-state index contributed by atoms with van der Waals surface area (Å²) in [5.74, 6) is 1.06. The fourth-order valence-electron chi connectivity index (χ4n) is 3.48. The van der Waals surface area contributed by atoms with E-state index in [1.54, 1.807) is 12.0 Å². The van der Waals surface area contributed by atoms with Gasteiger partial charge in [-0.3, -0.25) is 4.79 Å². The number of halogens is 1. The van der Waals surface area contributed by atoms with Gasteiger partial charge in [0.2, 0.25) is 0 Å². The number of quaternary nitrogens is 1. The van der Waals surface area contributed by atoms with Crippen LogP contribution in [0.5, 0.6) is 5.75 Å². The van der Waals surface area contributed by atoms with E-state index in [0.29, 0.717) is 18.1 Å². The third-order valence-electron chi connectivity index (χ3n) is 5.03. The molecule has 1 N–H and O–H groups in total. The fraction of sp³-hybridized carbons (Fsp3) is 0.381. The Kier molecular flexibility index (Phi) is 6.58. The number of para-hydroxylation sites is 2. The van der Waals surface area contributed by atoms with Crippen LogP contribution in [-0.4, -0.2) is 57.7 Å². The minimum atomic E-state index is 0.163. The van der Waals surface area contributed by atoms with Crippen molar-refractivity contribution in [3.8, 4) is 5.75 Å². The van der Waals surface area contributed by atoms with Gasteiger partial charge >= 0.3 is 0 Å². The van der Waals surface area contributed by atoms with Gasteiger partial charge in [0, 0.05) is 18.6 Å². The summed E-state index contributed by atoms with van der Waals surface area (Å²) >= 11 is 6.03. The maximum atomic E-state index is 12.6. The Hall–Kier alpha value is -2.24. The third-order valence-corrected chi connectivity index (χ3v) is 5.27. The maximum absolute atomic E-state index is 12.6. The molecule has 1 aliphatic rings. The van der Waals surface area contributed by atoms with Crippen LogP contribution in [0, 0.1) is 0 Å². The van der Waals surface area contributed by atoms with Crippen molar-refractivity contribution in [1.82, 2.24) is 4.90 Å². The third kappa shape index (κ3) is 5.15. The number of hydrogen-bond donors (Lipinski definition) is 1. The van der Waals surface area contributed by atoms with Gasteiger partial charge < -0.3 is 19.4 Å². The van der Waals surface area contributed by atoms with E-state index in [-0.39, 0.29) is 5.91 Å². The first-order valence-electron chi connectivity index (χ1n) is 9.27. The van der Waals surface area contributed by atoms with Crippen molar-refractivity contribution in [1.29, 1.82) is 0 Å². The summed E-state index contributed by atoms with van der Waals surface area (Å²) in [6.07, 6.45) is 0. The molecule has 0 spiro atoms. The van der Waals surface area contributed by atoms with Gasteiger partial charge in [-0.15, -0.1) is 0 Å². The molecular weight excluding hydrogens is 362 g/mol. The molecule has 27 heavy (non-hydrogen) atoms. The Labute approximate surface area is 166 Å². The Morgan fingerprint density at radius 2 is 1.93 bits per heavy atom. The molecule has 2 aromatic carbocycles. The summed E-state index contributed by atoms with van der Waals surface area (Å²) in [5.41, 5.74) is 2.18. The fourth-order valence-corrected chi connectivity index (χ4v) is 3.69. The van der Waals surface area contributed by atoms with E-state index in [1.165, 1.54) is 4.90 Å². The van der Waals surface area contributed by atoms with E-state index >= 15 is 0 Å². The number of likely N-dealkylation sites (N-methyl/N-ethyl adjacent to an activating group) is 1. The molecule has 0 saturated carbocycles. The van der Waals surface area contributed by atoms with Crippen LogP contribution in [0.2, 0.25) is 5.02 Å². The van der Waals surface area contributed by atoms with E-state index in [2.05, 4.69) is 11.0 Å². The lowest BCUT2D eigenvalue weighted by molar-refractivity contribution is -0.892. The first kappa shape index (κ1) is 19.5. The molecule has 1 saturated heterocycles. The van der Waals surface area contributed by atoms with Crippen molar-refractivity contribution in [2.24, 2.45) is 0 Å². The van der Waals surface area contributed by atoms with E-state index in [9.17, 15) is 4.79 Å². The summed E-state index contributed by atoms with van der Waals surface area (Å²) < 4.78 is 5.47. The molecule has 1 amide bonds. The molecule has 0 unspecified atom stereocenters. The zero-order valence-electron chi connectivity index (χ0n) is 16.0. The number of piperazine rings is 1. The largest absolute Gasteiger partial charge is 0.495 e. The Morgan fingerprint density at radius 3 is 2.63 bits per heavy atom. The molecule has 0 atom stereocenters. The van der Waals surface area contributed by atoms with Crippen molar-refractivity contribution in [2.75, 3.05) is 51.8 Å². The highest BCUT2D eigenvalue weighted by atomic mass is 35.5. The monoisotopic (exact) mass is 388 g/mol. The SMILES string of the molecule is COc1ccccc1N1CC[NH+](CC(=O)N(C)Cc2cccc(Cl)c2)CC1. The van der Waals surface area contributed by atoms with Crippen LogP contribution in [0.15, 0.2) is 48.5 Å². The van der Waals surface area contributed by atoms with Gasteiger partial charge in [0.05, 0.1) is 39.0 Å². The number of benzene rings is 2. The van der Waals surface area contributed by atoms with E-state index < -0.39 is 0 Å².